The Kier molecular flexibility index (Phi) is 2.73. The summed E-state index contributed by atoms with van der Waals surface area (Å²) in [4.78, 5) is 17.3. The number of nitrogens with zero attached hydrogens (tertiary/aromatic N) is 1. The largest absolute Gasteiger partial charge is 0.298 e. The first-order valence-corrected chi connectivity index (χ1v) is 8.65. The molecule has 0 aliphatic heterocycles. The van der Waals surface area contributed by atoms with Crippen molar-refractivity contribution in [2.75, 3.05) is 5.43 Å². The standard InChI is InChI=1S/C19H21N3O/c23-18(19-10-12-7-13(11-19)9-14(19)8-12)22-21-17-5-1-4-16-15(17)3-2-6-20-16/h1-6,12-14,21H,7-11H2,(H,22,23)/t12-,13+,14?,19?. The highest BCUT2D eigenvalue weighted by molar-refractivity contribution is 5.93. The van der Waals surface area contributed by atoms with E-state index in [1.54, 1.807) is 6.20 Å². The molecule has 4 aliphatic rings. The smallest absolute Gasteiger partial charge is 0.244 e. The van der Waals surface area contributed by atoms with Gasteiger partial charge in [0.25, 0.3) is 0 Å². The van der Waals surface area contributed by atoms with Crippen LogP contribution >= 0.6 is 0 Å². The molecule has 1 aromatic heterocycles. The van der Waals surface area contributed by atoms with E-state index in [4.69, 9.17) is 0 Å². The van der Waals surface area contributed by atoms with Crippen LogP contribution in [0.5, 0.6) is 0 Å². The second-order valence-corrected chi connectivity index (χ2v) is 7.66. The number of hydrogen-bond acceptors (Lipinski definition) is 3. The van der Waals surface area contributed by atoms with Crippen molar-refractivity contribution >= 4 is 22.5 Å². The number of benzene rings is 1. The van der Waals surface area contributed by atoms with Crippen LogP contribution in [0.3, 0.4) is 0 Å². The summed E-state index contributed by atoms with van der Waals surface area (Å²) in [6.07, 6.45) is 7.87. The molecule has 4 fully saturated rings. The number of carbonyl (C=O) groups excluding carboxylic acids is 1. The van der Waals surface area contributed by atoms with Crippen LogP contribution in [0.15, 0.2) is 36.5 Å². The summed E-state index contributed by atoms with van der Waals surface area (Å²) < 4.78 is 0. The summed E-state index contributed by atoms with van der Waals surface area (Å²) in [5, 5.41) is 1.03. The minimum absolute atomic E-state index is 0.0938. The maximum absolute atomic E-state index is 12.9. The molecule has 0 saturated heterocycles. The Morgan fingerprint density at radius 1 is 1.09 bits per heavy atom. The van der Waals surface area contributed by atoms with Crippen LogP contribution < -0.4 is 10.9 Å². The summed E-state index contributed by atoms with van der Waals surface area (Å²) in [6, 6.07) is 9.88. The van der Waals surface area contributed by atoms with Gasteiger partial charge in [-0.05, 0) is 74.1 Å². The van der Waals surface area contributed by atoms with Gasteiger partial charge in [-0.3, -0.25) is 20.6 Å². The highest BCUT2D eigenvalue weighted by Gasteiger charge is 2.61. The van der Waals surface area contributed by atoms with Crippen molar-refractivity contribution in [2.45, 2.75) is 32.1 Å². The number of hydrazine groups is 1. The Labute approximate surface area is 135 Å². The van der Waals surface area contributed by atoms with Crippen LogP contribution in [0.1, 0.15) is 32.1 Å². The molecule has 4 atom stereocenters. The van der Waals surface area contributed by atoms with Crippen molar-refractivity contribution in [2.24, 2.45) is 23.2 Å². The average Bonchev–Trinajstić information content (AvgIpc) is 2.98. The molecule has 1 heterocycles. The molecule has 4 aliphatic carbocycles. The van der Waals surface area contributed by atoms with Crippen LogP contribution in [0, 0.1) is 23.2 Å². The van der Waals surface area contributed by atoms with E-state index in [0.717, 1.165) is 41.3 Å². The molecule has 4 heteroatoms. The van der Waals surface area contributed by atoms with E-state index in [1.165, 1.54) is 19.3 Å². The predicted molar refractivity (Wildman–Crippen MR) is 89.5 cm³/mol. The van der Waals surface area contributed by atoms with Gasteiger partial charge < -0.3 is 0 Å². The maximum atomic E-state index is 12.9. The number of carbonyl (C=O) groups is 1. The lowest BCUT2D eigenvalue weighted by molar-refractivity contribution is -0.132. The number of anilines is 1. The van der Waals surface area contributed by atoms with Crippen LogP contribution in [-0.2, 0) is 4.79 Å². The zero-order valence-electron chi connectivity index (χ0n) is 13.1. The third-order valence-electron chi connectivity index (χ3n) is 6.40. The first kappa shape index (κ1) is 13.3. The van der Waals surface area contributed by atoms with Crippen LogP contribution in [0.4, 0.5) is 5.69 Å². The second-order valence-electron chi connectivity index (χ2n) is 7.66. The number of amides is 1. The van der Waals surface area contributed by atoms with Crippen LogP contribution in [0.25, 0.3) is 10.9 Å². The van der Waals surface area contributed by atoms with Gasteiger partial charge in [0.2, 0.25) is 5.91 Å². The zero-order chi connectivity index (χ0) is 15.4. The Bertz CT molecular complexity index is 768. The van der Waals surface area contributed by atoms with Crippen molar-refractivity contribution in [1.29, 1.82) is 0 Å². The molecule has 118 valence electrons. The Balaban J connectivity index is 1.37. The van der Waals surface area contributed by atoms with Gasteiger partial charge in [0.15, 0.2) is 0 Å². The molecule has 6 rings (SSSR count). The normalized spacial score (nSPS) is 34.0. The van der Waals surface area contributed by atoms with E-state index >= 15 is 0 Å². The fourth-order valence-electron chi connectivity index (χ4n) is 5.63. The number of aromatic nitrogens is 1. The highest BCUT2D eigenvalue weighted by atomic mass is 16.2. The van der Waals surface area contributed by atoms with E-state index < -0.39 is 0 Å². The molecule has 1 amide bonds. The molecule has 1 aromatic carbocycles. The van der Waals surface area contributed by atoms with Gasteiger partial charge in [-0.25, -0.2) is 0 Å². The summed E-state index contributed by atoms with van der Waals surface area (Å²) >= 11 is 0. The molecule has 4 saturated carbocycles. The van der Waals surface area contributed by atoms with Crippen molar-refractivity contribution < 1.29 is 4.79 Å². The Morgan fingerprint density at radius 2 is 1.91 bits per heavy atom. The van der Waals surface area contributed by atoms with E-state index in [9.17, 15) is 4.79 Å². The number of fused-ring (bicyclic) bond motifs is 1. The van der Waals surface area contributed by atoms with Crippen molar-refractivity contribution in [1.82, 2.24) is 10.4 Å². The summed E-state index contributed by atoms with van der Waals surface area (Å²) in [5.74, 6) is 2.40. The second kappa shape index (κ2) is 4.70. The lowest BCUT2D eigenvalue weighted by Crippen LogP contribution is -2.44. The lowest BCUT2D eigenvalue weighted by atomic mass is 9.75. The molecule has 2 N–H and O–H groups in total. The van der Waals surface area contributed by atoms with E-state index in [-0.39, 0.29) is 11.3 Å². The fraction of sp³-hybridized carbons (Fsp3) is 0.474. The van der Waals surface area contributed by atoms with E-state index in [0.29, 0.717) is 5.92 Å². The van der Waals surface area contributed by atoms with E-state index in [2.05, 4.69) is 15.8 Å². The Morgan fingerprint density at radius 3 is 2.74 bits per heavy atom. The maximum Gasteiger partial charge on any atom is 0.244 e. The lowest BCUT2D eigenvalue weighted by Gasteiger charge is -2.31. The first-order valence-electron chi connectivity index (χ1n) is 8.65. The number of rotatable bonds is 3. The molecule has 23 heavy (non-hydrogen) atoms. The van der Waals surface area contributed by atoms with Crippen LogP contribution in [0.2, 0.25) is 0 Å². The predicted octanol–water partition coefficient (Wildman–Crippen LogP) is 3.50. The van der Waals surface area contributed by atoms with Crippen molar-refractivity contribution in [3.05, 3.63) is 36.5 Å². The van der Waals surface area contributed by atoms with Crippen molar-refractivity contribution in [3.8, 4) is 0 Å². The van der Waals surface area contributed by atoms with Crippen LogP contribution in [-0.4, -0.2) is 10.9 Å². The number of hydrogen-bond donors (Lipinski definition) is 2. The van der Waals surface area contributed by atoms with Crippen molar-refractivity contribution in [3.63, 3.8) is 0 Å². The zero-order valence-corrected chi connectivity index (χ0v) is 13.1. The average molecular weight is 307 g/mol. The summed E-state index contributed by atoms with van der Waals surface area (Å²) in [5.41, 5.74) is 7.94. The third kappa shape index (κ3) is 1.90. The van der Waals surface area contributed by atoms with Gasteiger partial charge in [0.1, 0.15) is 0 Å². The third-order valence-corrected chi connectivity index (χ3v) is 6.40. The quantitative estimate of drug-likeness (QED) is 0.853. The van der Waals surface area contributed by atoms with Gasteiger partial charge in [0, 0.05) is 11.6 Å². The number of nitrogens with one attached hydrogen (secondary N) is 2. The topological polar surface area (TPSA) is 54.0 Å². The first-order chi connectivity index (χ1) is 11.2. The fourth-order valence-corrected chi connectivity index (χ4v) is 5.63. The van der Waals surface area contributed by atoms with Gasteiger partial charge in [-0.1, -0.05) is 6.07 Å². The molecule has 4 nitrogen and oxygen atoms in total. The van der Waals surface area contributed by atoms with Gasteiger partial charge >= 0.3 is 0 Å². The monoisotopic (exact) mass is 307 g/mol. The molecule has 2 aromatic rings. The van der Waals surface area contributed by atoms with Gasteiger partial charge in [-0.2, -0.15) is 0 Å². The van der Waals surface area contributed by atoms with Gasteiger partial charge in [-0.15, -0.1) is 0 Å². The highest BCUT2D eigenvalue weighted by Crippen LogP contribution is 2.65. The summed E-state index contributed by atoms with van der Waals surface area (Å²) in [7, 11) is 0. The molecule has 0 spiro atoms. The molecule has 0 radical (unpaired) electrons. The summed E-state index contributed by atoms with van der Waals surface area (Å²) in [6.45, 7) is 0. The SMILES string of the molecule is O=C(NNc1cccc2ncccc12)C12C[C@@H]3CC1C[C@@H](C3)C2. The molecule has 4 bridgehead atoms. The Hall–Kier alpha value is -2.10. The minimum atomic E-state index is -0.0938. The van der Waals surface area contributed by atoms with E-state index in [1.807, 2.05) is 30.3 Å². The molecular weight excluding hydrogens is 286 g/mol. The minimum Gasteiger partial charge on any atom is -0.298 e. The molecule has 2 unspecified atom stereocenters. The van der Waals surface area contributed by atoms with Gasteiger partial charge in [0.05, 0.1) is 16.6 Å². The molecular formula is C19H21N3O. The number of pyridine rings is 1.